The zero-order chi connectivity index (χ0) is 7.94. The molecule has 1 aliphatic rings. The third-order valence-corrected chi connectivity index (χ3v) is 1.20. The Hall–Kier alpha value is -0.780. The van der Waals surface area contributed by atoms with Crippen molar-refractivity contribution in [2.24, 2.45) is 0 Å². The Morgan fingerprint density at radius 2 is 2.00 bits per heavy atom. The Morgan fingerprint density at radius 1 is 1.50 bits per heavy atom. The summed E-state index contributed by atoms with van der Waals surface area (Å²) in [4.78, 5) is 9.86. The van der Waals surface area contributed by atoms with Crippen molar-refractivity contribution in [1.82, 2.24) is 5.32 Å². The zero-order valence-electron chi connectivity index (χ0n) is 4.64. The van der Waals surface area contributed by atoms with Crippen molar-refractivity contribution in [1.29, 1.82) is 0 Å². The first-order valence-electron chi connectivity index (χ1n) is 2.48. The van der Waals surface area contributed by atoms with Crippen LogP contribution in [0, 0.1) is 0 Å². The lowest BCUT2D eigenvalue weighted by Crippen LogP contribution is -2.22. The van der Waals surface area contributed by atoms with Gasteiger partial charge < -0.3 is 5.11 Å². The van der Waals surface area contributed by atoms with E-state index in [0.717, 1.165) is 0 Å². The predicted molar refractivity (Wildman–Crippen MR) is 24.4 cm³/mol. The molecule has 3 nitrogen and oxygen atoms in total. The van der Waals surface area contributed by atoms with Crippen molar-refractivity contribution in [3.05, 3.63) is 0 Å². The highest BCUT2D eigenvalue weighted by molar-refractivity contribution is 5.78. The van der Waals surface area contributed by atoms with E-state index >= 15 is 0 Å². The lowest BCUT2D eigenvalue weighted by Gasteiger charge is -1.99. The summed E-state index contributed by atoms with van der Waals surface area (Å²) in [6.07, 6.45) is -4.43. The fourth-order valence-electron chi connectivity index (χ4n) is 0.635. The highest BCUT2D eigenvalue weighted by Crippen LogP contribution is 2.30. The lowest BCUT2D eigenvalue weighted by molar-refractivity contribution is -0.144. The van der Waals surface area contributed by atoms with Crippen molar-refractivity contribution >= 4 is 5.97 Å². The zero-order valence-corrected chi connectivity index (χ0v) is 4.64. The molecule has 0 aromatic heterocycles. The number of carboxylic acids is 1. The standard InChI is InChI=1S/C4H4F3NO2/c5-4(6,7)2-1(8-2)3(9)10/h1-2,8H,(H,9,10). The molecule has 1 rings (SSSR count). The molecule has 0 radical (unpaired) electrons. The molecule has 10 heavy (non-hydrogen) atoms. The van der Waals surface area contributed by atoms with Crippen molar-refractivity contribution in [2.45, 2.75) is 18.3 Å². The minimum Gasteiger partial charge on any atom is -0.480 e. The van der Waals surface area contributed by atoms with Gasteiger partial charge in [-0.15, -0.1) is 0 Å². The maximum absolute atomic E-state index is 11.5. The monoisotopic (exact) mass is 155 g/mol. The largest absolute Gasteiger partial charge is 0.480 e. The molecule has 0 spiro atoms. The molecule has 0 amide bonds. The van der Waals surface area contributed by atoms with Crippen LogP contribution in [0.5, 0.6) is 0 Å². The molecule has 0 aliphatic carbocycles. The Morgan fingerprint density at radius 3 is 2.10 bits per heavy atom. The van der Waals surface area contributed by atoms with Gasteiger partial charge in [-0.25, -0.2) is 0 Å². The van der Waals surface area contributed by atoms with E-state index in [4.69, 9.17) is 5.11 Å². The van der Waals surface area contributed by atoms with Gasteiger partial charge in [0.15, 0.2) is 0 Å². The summed E-state index contributed by atoms with van der Waals surface area (Å²) in [5, 5.41) is 9.81. The first kappa shape index (κ1) is 7.33. The van der Waals surface area contributed by atoms with Gasteiger partial charge in [0.2, 0.25) is 0 Å². The van der Waals surface area contributed by atoms with Crippen LogP contribution in [0.1, 0.15) is 0 Å². The summed E-state index contributed by atoms with van der Waals surface area (Å²) in [6, 6.07) is -3.27. The van der Waals surface area contributed by atoms with Gasteiger partial charge in [0, 0.05) is 0 Å². The second kappa shape index (κ2) is 1.85. The molecule has 1 aliphatic heterocycles. The Balaban J connectivity index is 2.46. The number of rotatable bonds is 1. The van der Waals surface area contributed by atoms with Gasteiger partial charge in [-0.05, 0) is 0 Å². The normalized spacial score (nSPS) is 31.9. The highest BCUT2D eigenvalue weighted by atomic mass is 19.4. The average Bonchev–Trinajstić information content (AvgIpc) is 2.35. The van der Waals surface area contributed by atoms with E-state index in [1.807, 2.05) is 0 Å². The maximum Gasteiger partial charge on any atom is 0.405 e. The van der Waals surface area contributed by atoms with Crippen molar-refractivity contribution in [3.8, 4) is 0 Å². The Kier molecular flexibility index (Phi) is 1.36. The molecule has 0 saturated carbocycles. The fraction of sp³-hybridized carbons (Fsp3) is 0.750. The molecule has 58 valence electrons. The second-order valence-electron chi connectivity index (χ2n) is 2.00. The second-order valence-corrected chi connectivity index (χ2v) is 2.00. The summed E-state index contributed by atoms with van der Waals surface area (Å²) in [6.45, 7) is 0. The maximum atomic E-state index is 11.5. The number of carbonyl (C=O) groups is 1. The third kappa shape index (κ3) is 1.21. The number of alkyl halides is 3. The number of nitrogens with one attached hydrogen (secondary N) is 1. The molecular weight excluding hydrogens is 151 g/mol. The van der Waals surface area contributed by atoms with E-state index in [-0.39, 0.29) is 0 Å². The summed E-state index contributed by atoms with van der Waals surface area (Å²) >= 11 is 0. The highest BCUT2D eigenvalue weighted by Gasteiger charge is 2.59. The SMILES string of the molecule is O=C(O)C1NC1C(F)(F)F. The van der Waals surface area contributed by atoms with Gasteiger partial charge in [-0.1, -0.05) is 0 Å². The number of hydrogen-bond donors (Lipinski definition) is 2. The summed E-state index contributed by atoms with van der Waals surface area (Å²) in [5.41, 5.74) is 0. The van der Waals surface area contributed by atoms with E-state index < -0.39 is 24.2 Å². The summed E-state index contributed by atoms with van der Waals surface area (Å²) < 4.78 is 34.6. The van der Waals surface area contributed by atoms with Gasteiger partial charge in [0.05, 0.1) is 0 Å². The molecule has 0 bridgehead atoms. The van der Waals surface area contributed by atoms with Gasteiger partial charge in [0.1, 0.15) is 12.1 Å². The van der Waals surface area contributed by atoms with Crippen LogP contribution in [-0.4, -0.2) is 29.3 Å². The van der Waals surface area contributed by atoms with Crippen LogP contribution in [-0.2, 0) is 4.79 Å². The number of hydrogen-bond acceptors (Lipinski definition) is 2. The molecule has 0 aromatic carbocycles. The van der Waals surface area contributed by atoms with Crippen molar-refractivity contribution in [3.63, 3.8) is 0 Å². The van der Waals surface area contributed by atoms with E-state index in [9.17, 15) is 18.0 Å². The number of aliphatic carboxylic acids is 1. The minimum absolute atomic E-state index is 1.43. The van der Waals surface area contributed by atoms with Crippen molar-refractivity contribution < 1.29 is 23.1 Å². The van der Waals surface area contributed by atoms with Gasteiger partial charge in [0.25, 0.3) is 0 Å². The number of carboxylic acid groups (broad SMARTS) is 1. The van der Waals surface area contributed by atoms with Crippen LogP contribution in [0.15, 0.2) is 0 Å². The first-order chi connectivity index (χ1) is 4.43. The van der Waals surface area contributed by atoms with Crippen LogP contribution >= 0.6 is 0 Å². The van der Waals surface area contributed by atoms with E-state index in [2.05, 4.69) is 0 Å². The van der Waals surface area contributed by atoms with Crippen LogP contribution in [0.2, 0.25) is 0 Å². The molecule has 1 heterocycles. The lowest BCUT2D eigenvalue weighted by atomic mass is 10.3. The van der Waals surface area contributed by atoms with Crippen LogP contribution in [0.25, 0.3) is 0 Å². The van der Waals surface area contributed by atoms with Gasteiger partial charge >= 0.3 is 12.1 Å². The van der Waals surface area contributed by atoms with Crippen LogP contribution < -0.4 is 5.32 Å². The fourth-order valence-corrected chi connectivity index (χ4v) is 0.635. The van der Waals surface area contributed by atoms with Crippen LogP contribution in [0.4, 0.5) is 13.2 Å². The number of halogens is 3. The Labute approximate surface area is 53.8 Å². The van der Waals surface area contributed by atoms with Crippen molar-refractivity contribution in [2.75, 3.05) is 0 Å². The molecular formula is C4H4F3NO2. The molecule has 2 N–H and O–H groups in total. The molecule has 0 aromatic rings. The smallest absolute Gasteiger partial charge is 0.405 e. The minimum atomic E-state index is -4.43. The van der Waals surface area contributed by atoms with Crippen LogP contribution in [0.3, 0.4) is 0 Å². The van der Waals surface area contributed by atoms with E-state index in [1.54, 1.807) is 5.32 Å². The van der Waals surface area contributed by atoms with Gasteiger partial charge in [-0.2, -0.15) is 13.2 Å². The molecule has 1 saturated heterocycles. The predicted octanol–water partition coefficient (Wildman–Crippen LogP) is -0.0263. The summed E-state index contributed by atoms with van der Waals surface area (Å²) in [5.74, 6) is -1.46. The van der Waals surface area contributed by atoms with E-state index in [0.29, 0.717) is 0 Å². The quantitative estimate of drug-likeness (QED) is 0.523. The molecule has 6 heteroatoms. The summed E-state index contributed by atoms with van der Waals surface area (Å²) in [7, 11) is 0. The topological polar surface area (TPSA) is 59.2 Å². The Bertz CT molecular complexity index is 166. The van der Waals surface area contributed by atoms with Gasteiger partial charge in [-0.3, -0.25) is 10.1 Å². The average molecular weight is 155 g/mol. The first-order valence-corrected chi connectivity index (χ1v) is 2.48. The molecule has 1 fully saturated rings. The van der Waals surface area contributed by atoms with E-state index in [1.165, 1.54) is 0 Å². The molecule has 2 atom stereocenters. The molecule has 2 unspecified atom stereocenters. The third-order valence-electron chi connectivity index (χ3n) is 1.20.